The predicted octanol–water partition coefficient (Wildman–Crippen LogP) is 1.80. The molecule has 1 heterocycles. The van der Waals surface area contributed by atoms with Crippen molar-refractivity contribution < 1.29 is 4.74 Å². The van der Waals surface area contributed by atoms with Crippen molar-refractivity contribution in [2.45, 2.75) is 19.3 Å². The summed E-state index contributed by atoms with van der Waals surface area (Å²) in [4.78, 5) is 2.30. The molecule has 0 atom stereocenters. The van der Waals surface area contributed by atoms with E-state index in [0.717, 1.165) is 31.7 Å². The summed E-state index contributed by atoms with van der Waals surface area (Å²) in [6.07, 6.45) is 3.25. The van der Waals surface area contributed by atoms with Crippen molar-refractivity contribution in [1.82, 2.24) is 0 Å². The number of hydrogen-bond acceptors (Lipinski definition) is 3. The van der Waals surface area contributed by atoms with Crippen LogP contribution in [0.1, 0.15) is 18.4 Å². The van der Waals surface area contributed by atoms with Crippen LogP contribution in [0.25, 0.3) is 0 Å². The molecule has 16 heavy (non-hydrogen) atoms. The second-order valence-corrected chi connectivity index (χ2v) is 4.27. The van der Waals surface area contributed by atoms with Crippen molar-refractivity contribution in [3.8, 4) is 5.75 Å². The molecule has 0 saturated heterocycles. The molecule has 0 fully saturated rings. The first kappa shape index (κ1) is 11.3. The molecule has 0 amide bonds. The van der Waals surface area contributed by atoms with Crippen molar-refractivity contribution in [2.75, 3.05) is 31.6 Å². The Bertz CT molecular complexity index is 352. The molecule has 0 bridgehead atoms. The standard InChI is InChI=1S/C13H20N2O/c1-15-9-3-5-11-12(15)6-2-7-13(11)16-10-4-8-14/h2,6-7H,3-5,8-10,14H2,1H3. The fourth-order valence-electron chi connectivity index (χ4n) is 2.18. The fraction of sp³-hybridized carbons (Fsp3) is 0.538. The van der Waals surface area contributed by atoms with Gasteiger partial charge in [0.15, 0.2) is 0 Å². The van der Waals surface area contributed by atoms with Crippen LogP contribution in [-0.2, 0) is 6.42 Å². The van der Waals surface area contributed by atoms with Crippen LogP contribution in [-0.4, -0.2) is 26.7 Å². The highest BCUT2D eigenvalue weighted by Crippen LogP contribution is 2.33. The highest BCUT2D eigenvalue weighted by molar-refractivity contribution is 5.60. The summed E-state index contributed by atoms with van der Waals surface area (Å²) in [5, 5.41) is 0. The largest absolute Gasteiger partial charge is 0.493 e. The highest BCUT2D eigenvalue weighted by Gasteiger charge is 2.16. The minimum absolute atomic E-state index is 0.689. The van der Waals surface area contributed by atoms with Crippen LogP contribution in [0.15, 0.2) is 18.2 Å². The average molecular weight is 220 g/mol. The van der Waals surface area contributed by atoms with E-state index in [4.69, 9.17) is 10.5 Å². The molecule has 2 N–H and O–H groups in total. The number of fused-ring (bicyclic) bond motifs is 1. The number of benzene rings is 1. The fourth-order valence-corrected chi connectivity index (χ4v) is 2.18. The summed E-state index contributed by atoms with van der Waals surface area (Å²) in [5.74, 6) is 1.04. The van der Waals surface area contributed by atoms with Crippen molar-refractivity contribution in [3.63, 3.8) is 0 Å². The van der Waals surface area contributed by atoms with Crippen molar-refractivity contribution in [3.05, 3.63) is 23.8 Å². The summed E-state index contributed by atoms with van der Waals surface area (Å²) in [5.41, 5.74) is 8.14. The van der Waals surface area contributed by atoms with Gasteiger partial charge in [0.2, 0.25) is 0 Å². The topological polar surface area (TPSA) is 38.5 Å². The van der Waals surface area contributed by atoms with Crippen LogP contribution in [0.5, 0.6) is 5.75 Å². The average Bonchev–Trinajstić information content (AvgIpc) is 2.31. The lowest BCUT2D eigenvalue weighted by atomic mass is 10.0. The Morgan fingerprint density at radius 1 is 1.44 bits per heavy atom. The maximum Gasteiger partial charge on any atom is 0.124 e. The summed E-state index contributed by atoms with van der Waals surface area (Å²) in [6, 6.07) is 6.30. The molecule has 0 saturated carbocycles. The molecule has 3 nitrogen and oxygen atoms in total. The highest BCUT2D eigenvalue weighted by atomic mass is 16.5. The maximum atomic E-state index is 5.79. The van der Waals surface area contributed by atoms with Gasteiger partial charge in [-0.3, -0.25) is 0 Å². The van der Waals surface area contributed by atoms with E-state index in [1.165, 1.54) is 17.7 Å². The summed E-state index contributed by atoms with van der Waals surface area (Å²) in [7, 11) is 2.14. The lowest BCUT2D eigenvalue weighted by Crippen LogP contribution is -2.25. The van der Waals surface area contributed by atoms with E-state index in [-0.39, 0.29) is 0 Å². The minimum atomic E-state index is 0.689. The monoisotopic (exact) mass is 220 g/mol. The van der Waals surface area contributed by atoms with Gasteiger partial charge >= 0.3 is 0 Å². The van der Waals surface area contributed by atoms with Crippen molar-refractivity contribution in [2.24, 2.45) is 5.73 Å². The number of nitrogens with two attached hydrogens (primary N) is 1. The van der Waals surface area contributed by atoms with Crippen LogP contribution in [0.2, 0.25) is 0 Å². The van der Waals surface area contributed by atoms with Crippen LogP contribution >= 0.6 is 0 Å². The quantitative estimate of drug-likeness (QED) is 0.786. The molecule has 3 heteroatoms. The van der Waals surface area contributed by atoms with Crippen LogP contribution in [0.4, 0.5) is 5.69 Å². The van der Waals surface area contributed by atoms with Crippen LogP contribution < -0.4 is 15.4 Å². The zero-order valence-corrected chi connectivity index (χ0v) is 9.91. The molecule has 0 radical (unpaired) electrons. The van der Waals surface area contributed by atoms with Gasteiger partial charge in [-0.2, -0.15) is 0 Å². The second kappa shape index (κ2) is 5.21. The third kappa shape index (κ3) is 2.30. The lowest BCUT2D eigenvalue weighted by Gasteiger charge is -2.28. The third-order valence-electron chi connectivity index (χ3n) is 3.05. The molecular formula is C13H20N2O. The Morgan fingerprint density at radius 3 is 3.12 bits per heavy atom. The van der Waals surface area contributed by atoms with Gasteiger partial charge < -0.3 is 15.4 Å². The third-order valence-corrected chi connectivity index (χ3v) is 3.05. The Labute approximate surface area is 97.2 Å². The van der Waals surface area contributed by atoms with E-state index in [1.807, 2.05) is 0 Å². The number of rotatable bonds is 4. The number of anilines is 1. The summed E-state index contributed by atoms with van der Waals surface area (Å²) < 4.78 is 5.79. The van der Waals surface area contributed by atoms with Gasteiger partial charge in [-0.1, -0.05) is 6.07 Å². The van der Waals surface area contributed by atoms with Gasteiger partial charge in [0.05, 0.1) is 6.61 Å². The van der Waals surface area contributed by atoms with Crippen molar-refractivity contribution >= 4 is 5.69 Å². The van der Waals surface area contributed by atoms with Gasteiger partial charge in [0.1, 0.15) is 5.75 Å². The smallest absolute Gasteiger partial charge is 0.124 e. The lowest BCUT2D eigenvalue weighted by molar-refractivity contribution is 0.309. The summed E-state index contributed by atoms with van der Waals surface area (Å²) in [6.45, 7) is 2.55. The maximum absolute atomic E-state index is 5.79. The molecule has 0 spiro atoms. The molecule has 1 aliphatic heterocycles. The molecule has 1 aliphatic rings. The second-order valence-electron chi connectivity index (χ2n) is 4.27. The van der Waals surface area contributed by atoms with Gasteiger partial charge in [-0.15, -0.1) is 0 Å². The van der Waals surface area contributed by atoms with E-state index >= 15 is 0 Å². The Kier molecular flexibility index (Phi) is 3.67. The Hall–Kier alpha value is -1.22. The molecule has 1 aromatic rings. The number of nitrogens with zero attached hydrogens (tertiary/aromatic N) is 1. The normalized spacial score (nSPS) is 14.8. The molecule has 0 aromatic heterocycles. The van der Waals surface area contributed by atoms with Gasteiger partial charge in [-0.25, -0.2) is 0 Å². The van der Waals surface area contributed by atoms with Gasteiger partial charge in [-0.05, 0) is 37.9 Å². The molecule has 0 aliphatic carbocycles. The molecule has 1 aromatic carbocycles. The number of ether oxygens (including phenoxy) is 1. The molecule has 2 rings (SSSR count). The SMILES string of the molecule is CN1CCCc2c(OCCCN)cccc21. The van der Waals surface area contributed by atoms with E-state index in [1.54, 1.807) is 0 Å². The zero-order valence-electron chi connectivity index (χ0n) is 9.91. The first-order chi connectivity index (χ1) is 7.83. The number of hydrogen-bond donors (Lipinski definition) is 1. The van der Waals surface area contributed by atoms with E-state index < -0.39 is 0 Å². The van der Waals surface area contributed by atoms with Crippen LogP contribution in [0, 0.1) is 0 Å². The molecule has 0 unspecified atom stereocenters. The van der Waals surface area contributed by atoms with E-state index in [9.17, 15) is 0 Å². The van der Waals surface area contributed by atoms with Crippen molar-refractivity contribution in [1.29, 1.82) is 0 Å². The van der Waals surface area contributed by atoms with Gasteiger partial charge in [0, 0.05) is 24.8 Å². The van der Waals surface area contributed by atoms with Crippen LogP contribution in [0.3, 0.4) is 0 Å². The Balaban J connectivity index is 2.15. The Morgan fingerprint density at radius 2 is 2.31 bits per heavy atom. The summed E-state index contributed by atoms with van der Waals surface area (Å²) >= 11 is 0. The minimum Gasteiger partial charge on any atom is -0.493 e. The predicted molar refractivity (Wildman–Crippen MR) is 67.2 cm³/mol. The first-order valence-electron chi connectivity index (χ1n) is 5.99. The molecule has 88 valence electrons. The zero-order chi connectivity index (χ0) is 11.4. The first-order valence-corrected chi connectivity index (χ1v) is 5.99. The van der Waals surface area contributed by atoms with E-state index in [0.29, 0.717) is 6.54 Å². The van der Waals surface area contributed by atoms with E-state index in [2.05, 4.69) is 30.1 Å². The molecular weight excluding hydrogens is 200 g/mol. The van der Waals surface area contributed by atoms with Gasteiger partial charge in [0.25, 0.3) is 0 Å².